The molecule has 2 aromatic heterocycles. The number of benzene rings is 1. The van der Waals surface area contributed by atoms with Crippen molar-refractivity contribution in [2.45, 2.75) is 33.4 Å². The first-order valence-corrected chi connectivity index (χ1v) is 9.24. The van der Waals surface area contributed by atoms with E-state index in [4.69, 9.17) is 11.6 Å². The summed E-state index contributed by atoms with van der Waals surface area (Å²) in [6.45, 7) is 5.28. The summed E-state index contributed by atoms with van der Waals surface area (Å²) in [4.78, 5) is 28.8. The van der Waals surface area contributed by atoms with Crippen LogP contribution < -0.4 is 10.9 Å². The number of halogens is 1. The number of nitrogens with zero attached hydrogens (tertiary/aromatic N) is 4. The van der Waals surface area contributed by atoms with Crippen molar-refractivity contribution in [3.8, 4) is 0 Å². The normalized spacial score (nSPS) is 11.3. The molecule has 0 unspecified atom stereocenters. The Kier molecular flexibility index (Phi) is 5.91. The van der Waals surface area contributed by atoms with E-state index in [1.54, 1.807) is 10.7 Å². The minimum atomic E-state index is -0.157. The molecule has 0 fully saturated rings. The standard InChI is InChI=1S/C19H22ClN5O2/c1-13(2)8-17(26)21-6-7-25-18-16(10-23-25)19(27)24(12-22-18)11-14-4-3-5-15(20)9-14/h3-5,9-10,12-13H,6-8,11H2,1-2H3,(H,21,26). The van der Waals surface area contributed by atoms with Crippen molar-refractivity contribution in [3.63, 3.8) is 0 Å². The van der Waals surface area contributed by atoms with E-state index in [1.807, 2.05) is 32.0 Å². The van der Waals surface area contributed by atoms with Gasteiger partial charge in [-0.1, -0.05) is 37.6 Å². The highest BCUT2D eigenvalue weighted by Gasteiger charge is 2.11. The number of aromatic nitrogens is 4. The summed E-state index contributed by atoms with van der Waals surface area (Å²) in [7, 11) is 0. The van der Waals surface area contributed by atoms with Gasteiger partial charge in [0.1, 0.15) is 11.7 Å². The van der Waals surface area contributed by atoms with Crippen molar-refractivity contribution >= 4 is 28.5 Å². The van der Waals surface area contributed by atoms with Crippen LogP contribution >= 0.6 is 11.6 Å². The van der Waals surface area contributed by atoms with Gasteiger partial charge >= 0.3 is 0 Å². The monoisotopic (exact) mass is 387 g/mol. The third kappa shape index (κ3) is 4.74. The van der Waals surface area contributed by atoms with Crippen molar-refractivity contribution in [2.24, 2.45) is 5.92 Å². The molecule has 7 nitrogen and oxygen atoms in total. The summed E-state index contributed by atoms with van der Waals surface area (Å²) in [5.41, 5.74) is 1.28. The van der Waals surface area contributed by atoms with Crippen LogP contribution in [0.15, 0.2) is 41.6 Å². The lowest BCUT2D eigenvalue weighted by atomic mass is 10.1. The van der Waals surface area contributed by atoms with Crippen molar-refractivity contribution in [2.75, 3.05) is 6.54 Å². The van der Waals surface area contributed by atoms with Gasteiger partial charge in [0, 0.05) is 18.0 Å². The zero-order valence-corrected chi connectivity index (χ0v) is 16.1. The Morgan fingerprint density at radius 2 is 2.15 bits per heavy atom. The Morgan fingerprint density at radius 3 is 2.89 bits per heavy atom. The van der Waals surface area contributed by atoms with E-state index < -0.39 is 0 Å². The first-order valence-electron chi connectivity index (χ1n) is 8.86. The number of carbonyl (C=O) groups excluding carboxylic acids is 1. The lowest BCUT2D eigenvalue weighted by Gasteiger charge is -2.08. The Labute approximate surface area is 162 Å². The molecule has 1 N–H and O–H groups in total. The largest absolute Gasteiger partial charge is 0.354 e. The molecule has 3 rings (SSSR count). The van der Waals surface area contributed by atoms with Crippen molar-refractivity contribution in [3.05, 3.63) is 57.7 Å². The predicted octanol–water partition coefficient (Wildman–Crippen LogP) is 2.46. The average molecular weight is 388 g/mol. The molecule has 0 radical (unpaired) electrons. The summed E-state index contributed by atoms with van der Waals surface area (Å²) in [6.07, 6.45) is 3.53. The van der Waals surface area contributed by atoms with Crippen LogP contribution in [0.2, 0.25) is 5.02 Å². The molecule has 0 saturated heterocycles. The molecule has 1 amide bonds. The second-order valence-corrected chi connectivity index (χ2v) is 7.30. The van der Waals surface area contributed by atoms with E-state index in [0.717, 1.165) is 5.56 Å². The molecule has 0 bridgehead atoms. The molecule has 3 aromatic rings. The number of amides is 1. The molecular weight excluding hydrogens is 366 g/mol. The second-order valence-electron chi connectivity index (χ2n) is 6.86. The third-order valence-corrected chi connectivity index (χ3v) is 4.34. The van der Waals surface area contributed by atoms with Gasteiger partial charge in [-0.05, 0) is 23.6 Å². The quantitative estimate of drug-likeness (QED) is 0.675. The van der Waals surface area contributed by atoms with Crippen molar-refractivity contribution < 1.29 is 4.79 Å². The highest BCUT2D eigenvalue weighted by atomic mass is 35.5. The SMILES string of the molecule is CC(C)CC(=O)NCCn1ncc2c(=O)n(Cc3cccc(Cl)c3)cnc21. The zero-order valence-electron chi connectivity index (χ0n) is 15.4. The minimum absolute atomic E-state index is 0.0123. The fourth-order valence-corrected chi connectivity index (χ4v) is 3.06. The lowest BCUT2D eigenvalue weighted by molar-refractivity contribution is -0.121. The van der Waals surface area contributed by atoms with E-state index in [2.05, 4.69) is 15.4 Å². The summed E-state index contributed by atoms with van der Waals surface area (Å²) >= 11 is 6.00. The molecule has 0 aliphatic heterocycles. The molecule has 0 aliphatic carbocycles. The molecule has 0 saturated carbocycles. The fourth-order valence-electron chi connectivity index (χ4n) is 2.85. The van der Waals surface area contributed by atoms with Crippen LogP contribution in [0.4, 0.5) is 0 Å². The van der Waals surface area contributed by atoms with Gasteiger partial charge in [0.15, 0.2) is 5.65 Å². The maximum absolute atomic E-state index is 12.7. The molecular formula is C19H22ClN5O2. The number of nitrogens with one attached hydrogen (secondary N) is 1. The Morgan fingerprint density at radius 1 is 1.33 bits per heavy atom. The van der Waals surface area contributed by atoms with Gasteiger partial charge in [0.25, 0.3) is 5.56 Å². The van der Waals surface area contributed by atoms with Gasteiger partial charge in [0.2, 0.25) is 5.91 Å². The van der Waals surface area contributed by atoms with Crippen molar-refractivity contribution in [1.82, 2.24) is 24.6 Å². The molecule has 0 atom stereocenters. The maximum atomic E-state index is 12.7. The van der Waals surface area contributed by atoms with Gasteiger partial charge in [-0.15, -0.1) is 0 Å². The minimum Gasteiger partial charge on any atom is -0.354 e. The summed E-state index contributed by atoms with van der Waals surface area (Å²) in [6, 6.07) is 7.37. The Bertz CT molecular complexity index is 1010. The van der Waals surface area contributed by atoms with Gasteiger partial charge in [-0.2, -0.15) is 5.10 Å². The molecule has 2 heterocycles. The van der Waals surface area contributed by atoms with Crippen LogP contribution in [0.3, 0.4) is 0 Å². The van der Waals surface area contributed by atoms with Crippen LogP contribution in [-0.2, 0) is 17.9 Å². The number of hydrogen-bond acceptors (Lipinski definition) is 4. The van der Waals surface area contributed by atoms with E-state index >= 15 is 0 Å². The molecule has 142 valence electrons. The van der Waals surface area contributed by atoms with Crippen LogP contribution in [-0.4, -0.2) is 31.8 Å². The number of hydrogen-bond donors (Lipinski definition) is 1. The highest BCUT2D eigenvalue weighted by Crippen LogP contribution is 2.12. The van der Waals surface area contributed by atoms with Gasteiger partial charge in [-0.3, -0.25) is 14.2 Å². The summed E-state index contributed by atoms with van der Waals surface area (Å²) in [5.74, 6) is 0.327. The molecule has 8 heteroatoms. The first kappa shape index (κ1) is 19.1. The van der Waals surface area contributed by atoms with Crippen molar-refractivity contribution in [1.29, 1.82) is 0 Å². The fraction of sp³-hybridized carbons (Fsp3) is 0.368. The second kappa shape index (κ2) is 8.35. The van der Waals surface area contributed by atoms with E-state index in [9.17, 15) is 9.59 Å². The van der Waals surface area contributed by atoms with Crippen LogP contribution in [0, 0.1) is 5.92 Å². The first-order chi connectivity index (χ1) is 12.9. The summed E-state index contributed by atoms with van der Waals surface area (Å²) < 4.78 is 3.17. The van der Waals surface area contributed by atoms with E-state index in [-0.39, 0.29) is 11.5 Å². The topological polar surface area (TPSA) is 81.8 Å². The molecule has 1 aromatic carbocycles. The Hall–Kier alpha value is -2.67. The van der Waals surface area contributed by atoms with E-state index in [1.165, 1.54) is 17.1 Å². The smallest absolute Gasteiger partial charge is 0.264 e. The zero-order chi connectivity index (χ0) is 19.4. The van der Waals surface area contributed by atoms with Gasteiger partial charge in [-0.25, -0.2) is 9.67 Å². The van der Waals surface area contributed by atoms with Crippen LogP contribution in [0.1, 0.15) is 25.8 Å². The molecule has 0 spiro atoms. The number of rotatable bonds is 7. The number of fused-ring (bicyclic) bond motifs is 1. The Balaban J connectivity index is 1.73. The lowest BCUT2D eigenvalue weighted by Crippen LogP contribution is -2.28. The van der Waals surface area contributed by atoms with Crippen LogP contribution in [0.25, 0.3) is 11.0 Å². The molecule has 27 heavy (non-hydrogen) atoms. The number of carbonyl (C=O) groups is 1. The average Bonchev–Trinajstić information content (AvgIpc) is 3.01. The predicted molar refractivity (Wildman–Crippen MR) is 105 cm³/mol. The van der Waals surface area contributed by atoms with Gasteiger partial charge < -0.3 is 5.32 Å². The summed E-state index contributed by atoms with van der Waals surface area (Å²) in [5, 5.41) is 8.18. The third-order valence-electron chi connectivity index (χ3n) is 4.10. The highest BCUT2D eigenvalue weighted by molar-refractivity contribution is 6.30. The van der Waals surface area contributed by atoms with Gasteiger partial charge in [0.05, 0.1) is 19.3 Å². The van der Waals surface area contributed by atoms with Crippen LogP contribution in [0.5, 0.6) is 0 Å². The maximum Gasteiger partial charge on any atom is 0.264 e. The molecule has 0 aliphatic rings. The van der Waals surface area contributed by atoms with E-state index in [0.29, 0.717) is 48.0 Å².